The predicted molar refractivity (Wildman–Crippen MR) is 175 cm³/mol. The van der Waals surface area contributed by atoms with Gasteiger partial charge in [0.15, 0.2) is 0 Å². The molecule has 0 radical (unpaired) electrons. The summed E-state index contributed by atoms with van der Waals surface area (Å²) in [7, 11) is 1.55. The first kappa shape index (κ1) is 41.0. The summed E-state index contributed by atoms with van der Waals surface area (Å²) in [5.74, 6) is -0.198. The molecule has 0 spiro atoms. The van der Waals surface area contributed by atoms with E-state index >= 15 is 0 Å². The van der Waals surface area contributed by atoms with Crippen molar-refractivity contribution in [1.29, 1.82) is 0 Å². The summed E-state index contributed by atoms with van der Waals surface area (Å²) in [6.07, 6.45) is 26.8. The van der Waals surface area contributed by atoms with Crippen molar-refractivity contribution >= 4 is 13.7 Å². The molecule has 0 aromatic rings. The lowest BCUT2D eigenvalue weighted by Crippen LogP contribution is -2.45. The van der Waals surface area contributed by atoms with Crippen LogP contribution in [0.15, 0.2) is 24.3 Å². The lowest BCUT2D eigenvalue weighted by Gasteiger charge is -2.25. The zero-order valence-electron chi connectivity index (χ0n) is 27.7. The Bertz CT molecular complexity index is 753. The van der Waals surface area contributed by atoms with Crippen molar-refractivity contribution in [3.63, 3.8) is 0 Å². The van der Waals surface area contributed by atoms with Gasteiger partial charge in [-0.3, -0.25) is 13.8 Å². The smallest absolute Gasteiger partial charge is 0.387 e. The number of phosphoric ester groups is 1. The number of aliphatic hydroxyl groups excluding tert-OH is 1. The van der Waals surface area contributed by atoms with Crippen molar-refractivity contribution in [3.8, 4) is 0 Å². The fourth-order valence-electron chi connectivity index (χ4n) is 4.41. The van der Waals surface area contributed by atoms with Crippen molar-refractivity contribution in [2.45, 2.75) is 142 Å². The van der Waals surface area contributed by atoms with Crippen LogP contribution in [-0.4, -0.2) is 73.4 Å². The topological polar surface area (TPSA) is 105 Å². The van der Waals surface area contributed by atoms with Gasteiger partial charge >= 0.3 is 7.82 Å². The fourth-order valence-corrected chi connectivity index (χ4v) is 5.14. The highest BCUT2D eigenvalue weighted by atomic mass is 31.2. The van der Waals surface area contributed by atoms with Crippen LogP contribution in [0.5, 0.6) is 0 Å². The van der Waals surface area contributed by atoms with E-state index in [0.29, 0.717) is 17.4 Å². The average molecular weight is 618 g/mol. The van der Waals surface area contributed by atoms with Gasteiger partial charge in [-0.15, -0.1) is 0 Å². The summed E-state index contributed by atoms with van der Waals surface area (Å²) in [5.41, 5.74) is 0. The van der Waals surface area contributed by atoms with Gasteiger partial charge in [-0.05, 0) is 32.1 Å². The third-order valence-electron chi connectivity index (χ3n) is 7.17. The Labute approximate surface area is 258 Å². The first-order valence-corrected chi connectivity index (χ1v) is 18.2. The molecule has 0 aliphatic heterocycles. The van der Waals surface area contributed by atoms with E-state index in [-0.39, 0.29) is 19.1 Å². The zero-order chi connectivity index (χ0) is 31.5. The van der Waals surface area contributed by atoms with E-state index in [0.717, 1.165) is 38.5 Å². The molecule has 3 atom stereocenters. The molecule has 1 unspecified atom stereocenters. The van der Waals surface area contributed by atoms with E-state index in [9.17, 15) is 19.4 Å². The Kier molecular flexibility index (Phi) is 25.7. The van der Waals surface area contributed by atoms with E-state index in [4.69, 9.17) is 9.05 Å². The maximum atomic E-state index is 12.6. The number of nitrogens with one attached hydrogen (secondary N) is 1. The molecule has 0 aromatic heterocycles. The molecule has 3 N–H and O–H groups in total. The molecule has 1 amide bonds. The molecule has 0 saturated carbocycles. The van der Waals surface area contributed by atoms with Crippen LogP contribution in [0.25, 0.3) is 0 Å². The number of quaternary nitrogens is 1. The molecule has 0 fully saturated rings. The Balaban J connectivity index is 4.67. The molecular formula is C33H66N2O6P+. The van der Waals surface area contributed by atoms with Gasteiger partial charge in [0.1, 0.15) is 13.2 Å². The molecule has 248 valence electrons. The highest BCUT2D eigenvalue weighted by molar-refractivity contribution is 7.47. The number of allylic oxidation sites excluding steroid dienone is 3. The monoisotopic (exact) mass is 617 g/mol. The third kappa shape index (κ3) is 27.8. The van der Waals surface area contributed by atoms with E-state index in [2.05, 4.69) is 31.3 Å². The Morgan fingerprint density at radius 3 is 1.90 bits per heavy atom. The maximum absolute atomic E-state index is 12.6. The van der Waals surface area contributed by atoms with Crippen LogP contribution in [0, 0.1) is 0 Å². The first-order chi connectivity index (χ1) is 20.0. The normalized spacial score (nSPS) is 15.3. The number of nitrogens with zero attached hydrogens (tertiary/aromatic N) is 1. The van der Waals surface area contributed by atoms with Crippen LogP contribution in [-0.2, 0) is 18.4 Å². The van der Waals surface area contributed by atoms with Crippen molar-refractivity contribution < 1.29 is 32.9 Å². The molecule has 0 heterocycles. The van der Waals surface area contributed by atoms with E-state index in [1.54, 1.807) is 6.08 Å². The second-order valence-corrected chi connectivity index (χ2v) is 14.0. The summed E-state index contributed by atoms with van der Waals surface area (Å²) < 4.78 is 23.3. The highest BCUT2D eigenvalue weighted by Gasteiger charge is 2.27. The molecular weight excluding hydrogens is 551 g/mol. The molecule has 0 aliphatic carbocycles. The molecule has 9 heteroatoms. The second kappa shape index (κ2) is 26.4. The van der Waals surface area contributed by atoms with Crippen LogP contribution in [0.4, 0.5) is 0 Å². The van der Waals surface area contributed by atoms with Crippen LogP contribution in [0.1, 0.15) is 129 Å². The number of carbonyl (C=O) groups is 1. The van der Waals surface area contributed by atoms with Gasteiger partial charge in [-0.2, -0.15) is 0 Å². The van der Waals surface area contributed by atoms with E-state index < -0.39 is 20.0 Å². The summed E-state index contributed by atoms with van der Waals surface area (Å²) in [6, 6.07) is -0.853. The van der Waals surface area contributed by atoms with Gasteiger partial charge in [0, 0.05) is 6.42 Å². The van der Waals surface area contributed by atoms with Gasteiger partial charge in [-0.25, -0.2) is 4.57 Å². The minimum absolute atomic E-state index is 0.0570. The number of rotatable bonds is 29. The predicted octanol–water partition coefficient (Wildman–Crippen LogP) is 7.85. The molecule has 0 bridgehead atoms. The largest absolute Gasteiger partial charge is 0.472 e. The van der Waals surface area contributed by atoms with Crippen molar-refractivity contribution in [2.75, 3.05) is 40.9 Å². The third-order valence-corrected chi connectivity index (χ3v) is 8.16. The van der Waals surface area contributed by atoms with Crippen LogP contribution >= 0.6 is 7.82 Å². The Hall–Kier alpha value is -1.02. The molecule has 0 aromatic carbocycles. The van der Waals surface area contributed by atoms with Crippen molar-refractivity contribution in [2.24, 2.45) is 0 Å². The molecule has 0 aliphatic rings. The standard InChI is InChI=1S/C33H65N2O6P/c1-6-8-10-12-14-15-16-17-18-19-21-22-24-26-32(36)31(30-41-42(38,39)40-29-28-35(3,4)5)34-33(37)27-25-23-20-13-11-9-7-2/h18-19,24,26,31-32,36H,6-17,20-23,25,27-30H2,1-5H3,(H-,34,37,38,39)/p+1/b19-18+,26-24+/t31-,32+/m0/s1. The maximum Gasteiger partial charge on any atom is 0.472 e. The summed E-state index contributed by atoms with van der Waals surface area (Å²) in [4.78, 5) is 22.7. The summed E-state index contributed by atoms with van der Waals surface area (Å²) >= 11 is 0. The van der Waals surface area contributed by atoms with E-state index in [1.807, 2.05) is 27.2 Å². The fraction of sp³-hybridized carbons (Fsp3) is 0.848. The van der Waals surface area contributed by atoms with Crippen molar-refractivity contribution in [1.82, 2.24) is 5.32 Å². The lowest BCUT2D eigenvalue weighted by molar-refractivity contribution is -0.870. The molecule has 0 saturated heterocycles. The minimum Gasteiger partial charge on any atom is -0.387 e. The zero-order valence-corrected chi connectivity index (χ0v) is 28.6. The van der Waals surface area contributed by atoms with Gasteiger partial charge in [0.2, 0.25) is 5.91 Å². The van der Waals surface area contributed by atoms with Gasteiger partial charge in [0.25, 0.3) is 0 Å². The number of likely N-dealkylation sites (N-methyl/N-ethyl adjacent to an activating group) is 1. The number of hydrogen-bond donors (Lipinski definition) is 3. The van der Waals surface area contributed by atoms with Crippen LogP contribution < -0.4 is 5.32 Å². The van der Waals surface area contributed by atoms with Gasteiger partial charge in [-0.1, -0.05) is 115 Å². The first-order valence-electron chi connectivity index (χ1n) is 16.7. The van der Waals surface area contributed by atoms with Gasteiger partial charge < -0.3 is 19.8 Å². The molecule has 8 nitrogen and oxygen atoms in total. The summed E-state index contributed by atoms with van der Waals surface area (Å²) in [6.45, 7) is 4.69. The minimum atomic E-state index is -4.32. The SMILES string of the molecule is CCCCCCCCC/C=C/CC/C=C/[C@@H](O)[C@H](COP(=O)(O)OCC[N+](C)(C)C)NC(=O)CCCCCCCCC. The Morgan fingerprint density at radius 1 is 0.786 bits per heavy atom. The quantitative estimate of drug-likeness (QED) is 0.0342. The van der Waals surface area contributed by atoms with Gasteiger partial charge in [0.05, 0.1) is 39.9 Å². The number of aliphatic hydroxyl groups is 1. The molecule has 42 heavy (non-hydrogen) atoms. The number of amides is 1. The second-order valence-electron chi connectivity index (χ2n) is 12.5. The van der Waals surface area contributed by atoms with E-state index in [1.165, 1.54) is 70.6 Å². The lowest BCUT2D eigenvalue weighted by atomic mass is 10.1. The van der Waals surface area contributed by atoms with Crippen molar-refractivity contribution in [3.05, 3.63) is 24.3 Å². The number of phosphoric acid groups is 1. The Morgan fingerprint density at radius 2 is 1.31 bits per heavy atom. The molecule has 0 rings (SSSR count). The number of unbranched alkanes of at least 4 members (excludes halogenated alkanes) is 14. The number of carbonyl (C=O) groups excluding carboxylic acids is 1. The van der Waals surface area contributed by atoms with Crippen LogP contribution in [0.2, 0.25) is 0 Å². The van der Waals surface area contributed by atoms with Crippen LogP contribution in [0.3, 0.4) is 0 Å². The highest BCUT2D eigenvalue weighted by Crippen LogP contribution is 2.43. The summed E-state index contributed by atoms with van der Waals surface area (Å²) in [5, 5.41) is 13.6. The number of hydrogen-bond acceptors (Lipinski definition) is 5. The average Bonchev–Trinajstić information content (AvgIpc) is 2.92.